The van der Waals surface area contributed by atoms with Gasteiger partial charge in [0.1, 0.15) is 17.4 Å². The topological polar surface area (TPSA) is 120 Å². The van der Waals surface area contributed by atoms with E-state index in [1.54, 1.807) is 13.8 Å². The van der Waals surface area contributed by atoms with E-state index in [9.17, 15) is 20.2 Å². The molecule has 0 radical (unpaired) electrons. The third-order valence-electron chi connectivity index (χ3n) is 4.05. The molecule has 0 saturated carbocycles. The van der Waals surface area contributed by atoms with Crippen molar-refractivity contribution < 1.29 is 14.4 Å². The minimum Gasteiger partial charge on any atom is -0.467 e. The van der Waals surface area contributed by atoms with Crippen LogP contribution in [0.4, 0.5) is 5.69 Å². The number of nitro benzene ring substituents is 1. The molecule has 128 valence electrons. The maximum Gasteiger partial charge on any atom is 0.285 e. The largest absolute Gasteiger partial charge is 0.467 e. The molecule has 0 spiro atoms. The maximum absolute atomic E-state index is 12.4. The molecule has 0 saturated heterocycles. The number of aryl methyl sites for hydroxylation is 1. The van der Waals surface area contributed by atoms with Crippen molar-refractivity contribution in [1.82, 2.24) is 9.78 Å². The molecule has 9 nitrogen and oxygen atoms in total. The number of ether oxygens (including phenoxy) is 2. The van der Waals surface area contributed by atoms with Crippen LogP contribution in [0.1, 0.15) is 27.9 Å². The number of hydrogen-bond donors (Lipinski definition) is 0. The minimum atomic E-state index is -0.544. The average Bonchev–Trinajstić information content (AvgIpc) is 2.60. The highest BCUT2D eigenvalue weighted by molar-refractivity contribution is 5.50. The number of rotatable bonds is 3. The quantitative estimate of drug-likeness (QED) is 0.613. The van der Waals surface area contributed by atoms with Crippen molar-refractivity contribution in [3.8, 4) is 11.8 Å². The third-order valence-corrected chi connectivity index (χ3v) is 4.05. The molecule has 0 fully saturated rings. The van der Waals surface area contributed by atoms with Crippen molar-refractivity contribution in [2.24, 2.45) is 0 Å². The molecule has 0 unspecified atom stereocenters. The SMILES string of the molecule is Cc1nn(Cc2cc([N+](=O)[O-])cc3c2OCOC3)c(=O)c(C#N)c1C. The van der Waals surface area contributed by atoms with E-state index in [1.165, 1.54) is 12.1 Å². The number of nitrogens with zero attached hydrogens (tertiary/aromatic N) is 4. The highest BCUT2D eigenvalue weighted by Crippen LogP contribution is 2.32. The van der Waals surface area contributed by atoms with Gasteiger partial charge in [-0.2, -0.15) is 10.4 Å². The van der Waals surface area contributed by atoms with Gasteiger partial charge in [-0.15, -0.1) is 0 Å². The Kier molecular flexibility index (Phi) is 4.21. The van der Waals surface area contributed by atoms with Crippen molar-refractivity contribution in [2.45, 2.75) is 27.0 Å². The predicted octanol–water partition coefficient (Wildman–Crippen LogP) is 1.55. The van der Waals surface area contributed by atoms with Gasteiger partial charge in [-0.05, 0) is 19.4 Å². The van der Waals surface area contributed by atoms with Gasteiger partial charge in [0.25, 0.3) is 11.2 Å². The fraction of sp³-hybridized carbons (Fsp3) is 0.312. The van der Waals surface area contributed by atoms with E-state index < -0.39 is 10.5 Å². The second-order valence-electron chi connectivity index (χ2n) is 5.62. The zero-order valence-corrected chi connectivity index (χ0v) is 13.6. The Hall–Kier alpha value is -3.25. The van der Waals surface area contributed by atoms with E-state index in [-0.39, 0.29) is 31.2 Å². The van der Waals surface area contributed by atoms with E-state index in [0.717, 1.165) is 4.68 Å². The first-order valence-corrected chi connectivity index (χ1v) is 7.41. The molecule has 9 heteroatoms. The minimum absolute atomic E-state index is 0.0102. The Morgan fingerprint density at radius 3 is 2.88 bits per heavy atom. The number of nitro groups is 1. The van der Waals surface area contributed by atoms with Crippen molar-refractivity contribution in [2.75, 3.05) is 6.79 Å². The first kappa shape index (κ1) is 16.6. The van der Waals surface area contributed by atoms with Gasteiger partial charge >= 0.3 is 0 Å². The second kappa shape index (κ2) is 6.33. The lowest BCUT2D eigenvalue weighted by atomic mass is 10.1. The number of benzene rings is 1. The summed E-state index contributed by atoms with van der Waals surface area (Å²) in [6.45, 7) is 3.51. The van der Waals surface area contributed by atoms with Crippen molar-refractivity contribution in [3.63, 3.8) is 0 Å². The molecular weight excluding hydrogens is 328 g/mol. The van der Waals surface area contributed by atoms with Crippen LogP contribution in [-0.4, -0.2) is 21.5 Å². The smallest absolute Gasteiger partial charge is 0.285 e. The molecule has 1 aromatic carbocycles. The lowest BCUT2D eigenvalue weighted by Gasteiger charge is -2.21. The number of hydrogen-bond acceptors (Lipinski definition) is 7. The van der Waals surface area contributed by atoms with Crippen LogP contribution in [0.15, 0.2) is 16.9 Å². The highest BCUT2D eigenvalue weighted by Gasteiger charge is 2.22. The molecule has 3 rings (SSSR count). The Bertz CT molecular complexity index is 974. The van der Waals surface area contributed by atoms with Crippen LogP contribution in [0.2, 0.25) is 0 Å². The van der Waals surface area contributed by atoms with Gasteiger partial charge in [0.15, 0.2) is 6.79 Å². The number of aromatic nitrogens is 2. The summed E-state index contributed by atoms with van der Waals surface area (Å²) in [5.41, 5.74) is 1.38. The summed E-state index contributed by atoms with van der Waals surface area (Å²) in [6, 6.07) is 4.62. The average molecular weight is 342 g/mol. The summed E-state index contributed by atoms with van der Waals surface area (Å²) >= 11 is 0. The molecular formula is C16H14N4O5. The number of non-ortho nitro benzene ring substituents is 1. The Balaban J connectivity index is 2.14. The van der Waals surface area contributed by atoms with Crippen LogP contribution in [0, 0.1) is 35.3 Å². The Morgan fingerprint density at radius 2 is 2.20 bits per heavy atom. The predicted molar refractivity (Wildman–Crippen MR) is 85.2 cm³/mol. The second-order valence-corrected chi connectivity index (χ2v) is 5.62. The van der Waals surface area contributed by atoms with Crippen LogP contribution in [0.3, 0.4) is 0 Å². The highest BCUT2D eigenvalue weighted by atomic mass is 16.7. The summed E-state index contributed by atoms with van der Waals surface area (Å²) in [5, 5.41) is 24.6. The lowest BCUT2D eigenvalue weighted by Crippen LogP contribution is -2.28. The van der Waals surface area contributed by atoms with Crippen LogP contribution >= 0.6 is 0 Å². The normalized spacial score (nSPS) is 12.8. The zero-order valence-electron chi connectivity index (χ0n) is 13.6. The fourth-order valence-corrected chi connectivity index (χ4v) is 2.68. The van der Waals surface area contributed by atoms with Crippen LogP contribution in [0.25, 0.3) is 0 Å². The summed E-state index contributed by atoms with van der Waals surface area (Å²) in [4.78, 5) is 23.1. The van der Waals surface area contributed by atoms with Crippen molar-refractivity contribution in [1.29, 1.82) is 5.26 Å². The molecule has 1 aromatic heterocycles. The summed E-state index contributed by atoms with van der Waals surface area (Å²) in [5.74, 6) is 0.447. The first-order chi connectivity index (χ1) is 11.9. The van der Waals surface area contributed by atoms with E-state index in [2.05, 4.69) is 5.10 Å². The third kappa shape index (κ3) is 2.95. The Morgan fingerprint density at radius 1 is 1.44 bits per heavy atom. The van der Waals surface area contributed by atoms with Gasteiger partial charge in [0.05, 0.1) is 23.8 Å². The van der Waals surface area contributed by atoms with Gasteiger partial charge in [0, 0.05) is 23.3 Å². The molecule has 0 bridgehead atoms. The van der Waals surface area contributed by atoms with Crippen LogP contribution in [0.5, 0.6) is 5.75 Å². The Labute approximate surface area is 142 Å². The molecule has 2 heterocycles. The van der Waals surface area contributed by atoms with E-state index in [0.29, 0.717) is 28.1 Å². The van der Waals surface area contributed by atoms with Gasteiger partial charge in [0.2, 0.25) is 0 Å². The molecule has 0 N–H and O–H groups in total. The molecule has 25 heavy (non-hydrogen) atoms. The van der Waals surface area contributed by atoms with Gasteiger partial charge in [-0.1, -0.05) is 0 Å². The molecule has 2 aromatic rings. The van der Waals surface area contributed by atoms with Gasteiger partial charge < -0.3 is 9.47 Å². The number of nitriles is 1. The lowest BCUT2D eigenvalue weighted by molar-refractivity contribution is -0.385. The van der Waals surface area contributed by atoms with E-state index >= 15 is 0 Å². The molecule has 0 amide bonds. The van der Waals surface area contributed by atoms with E-state index in [1.807, 2.05) is 6.07 Å². The monoisotopic (exact) mass is 342 g/mol. The summed E-state index contributed by atoms with van der Waals surface area (Å²) in [6.07, 6.45) is 0. The van der Waals surface area contributed by atoms with E-state index in [4.69, 9.17) is 9.47 Å². The van der Waals surface area contributed by atoms with Crippen LogP contribution < -0.4 is 10.3 Å². The fourth-order valence-electron chi connectivity index (χ4n) is 2.68. The molecule has 1 aliphatic heterocycles. The van der Waals surface area contributed by atoms with Gasteiger partial charge in [-0.3, -0.25) is 14.9 Å². The zero-order chi connectivity index (χ0) is 18.1. The summed E-state index contributed by atoms with van der Waals surface area (Å²) in [7, 11) is 0. The maximum atomic E-state index is 12.4. The number of fused-ring (bicyclic) bond motifs is 1. The first-order valence-electron chi connectivity index (χ1n) is 7.41. The molecule has 1 aliphatic rings. The van der Waals surface area contributed by atoms with Gasteiger partial charge in [-0.25, -0.2) is 4.68 Å². The van der Waals surface area contributed by atoms with Crippen molar-refractivity contribution >= 4 is 5.69 Å². The van der Waals surface area contributed by atoms with Crippen LogP contribution in [-0.2, 0) is 17.9 Å². The molecule has 0 atom stereocenters. The summed E-state index contributed by atoms with van der Waals surface area (Å²) < 4.78 is 11.7. The molecule has 0 aliphatic carbocycles. The standard InChI is InChI=1S/C16H14N4O5/c1-9-10(2)18-19(16(21)14(9)5-17)6-11-3-13(20(22)23)4-12-7-24-8-25-15(11)12/h3-4H,6-8H2,1-2H3. The van der Waals surface area contributed by atoms with Crippen molar-refractivity contribution in [3.05, 3.63) is 60.5 Å².